The fourth-order valence-electron chi connectivity index (χ4n) is 2.71. The van der Waals surface area contributed by atoms with Crippen molar-refractivity contribution in [3.63, 3.8) is 0 Å². The molecule has 2 aromatic carbocycles. The molecule has 0 heterocycles. The SMILES string of the molecule is COc1ccc(CC(C)C(N)C(O)c2ccc(Cl)cc2)cc1OC. The maximum absolute atomic E-state index is 10.5. The molecule has 0 spiro atoms. The van der Waals surface area contributed by atoms with Crippen molar-refractivity contribution in [3.8, 4) is 11.5 Å². The summed E-state index contributed by atoms with van der Waals surface area (Å²) in [5.74, 6) is 1.46. The molecule has 0 radical (unpaired) electrons. The van der Waals surface area contributed by atoms with Gasteiger partial charge in [0.25, 0.3) is 0 Å². The van der Waals surface area contributed by atoms with Crippen LogP contribution in [0.3, 0.4) is 0 Å². The van der Waals surface area contributed by atoms with Crippen molar-refractivity contribution in [1.82, 2.24) is 0 Å². The highest BCUT2D eigenvalue weighted by atomic mass is 35.5. The minimum Gasteiger partial charge on any atom is -0.493 e. The van der Waals surface area contributed by atoms with Gasteiger partial charge >= 0.3 is 0 Å². The number of halogens is 1. The second-order valence-corrected chi connectivity index (χ2v) is 6.38. The first-order valence-corrected chi connectivity index (χ1v) is 8.24. The normalized spacial score (nSPS) is 14.8. The van der Waals surface area contributed by atoms with Gasteiger partial charge in [0.15, 0.2) is 11.5 Å². The Morgan fingerprint density at radius 3 is 2.25 bits per heavy atom. The van der Waals surface area contributed by atoms with Crippen LogP contribution in [-0.2, 0) is 6.42 Å². The van der Waals surface area contributed by atoms with Crippen molar-refractivity contribution in [2.24, 2.45) is 11.7 Å². The molecule has 0 aliphatic carbocycles. The maximum Gasteiger partial charge on any atom is 0.160 e. The zero-order valence-corrected chi connectivity index (χ0v) is 15.0. The molecule has 0 aliphatic heterocycles. The molecule has 0 amide bonds. The van der Waals surface area contributed by atoms with Crippen molar-refractivity contribution >= 4 is 11.6 Å². The second kappa shape index (κ2) is 8.38. The van der Waals surface area contributed by atoms with Gasteiger partial charge in [-0.05, 0) is 47.7 Å². The van der Waals surface area contributed by atoms with Crippen molar-refractivity contribution in [2.75, 3.05) is 14.2 Å². The van der Waals surface area contributed by atoms with Gasteiger partial charge in [-0.25, -0.2) is 0 Å². The number of hydrogen-bond acceptors (Lipinski definition) is 4. The van der Waals surface area contributed by atoms with Gasteiger partial charge in [-0.15, -0.1) is 0 Å². The van der Waals surface area contributed by atoms with Crippen LogP contribution in [0.5, 0.6) is 11.5 Å². The Labute approximate surface area is 148 Å². The lowest BCUT2D eigenvalue weighted by molar-refractivity contribution is 0.121. The van der Waals surface area contributed by atoms with Crippen LogP contribution in [0.25, 0.3) is 0 Å². The molecule has 2 rings (SSSR count). The van der Waals surface area contributed by atoms with Gasteiger partial charge in [0.05, 0.1) is 20.3 Å². The van der Waals surface area contributed by atoms with E-state index in [0.29, 0.717) is 16.5 Å². The van der Waals surface area contributed by atoms with Crippen LogP contribution in [0.2, 0.25) is 5.02 Å². The Balaban J connectivity index is 2.08. The number of ether oxygens (including phenoxy) is 2. The van der Waals surface area contributed by atoms with Gasteiger partial charge in [0, 0.05) is 11.1 Å². The Morgan fingerprint density at radius 2 is 1.67 bits per heavy atom. The Bertz CT molecular complexity index is 660. The van der Waals surface area contributed by atoms with Crippen molar-refractivity contribution < 1.29 is 14.6 Å². The summed E-state index contributed by atoms with van der Waals surface area (Å²) in [6, 6.07) is 12.5. The van der Waals surface area contributed by atoms with E-state index < -0.39 is 6.10 Å². The van der Waals surface area contributed by atoms with E-state index in [4.69, 9.17) is 26.8 Å². The third kappa shape index (κ3) is 4.41. The monoisotopic (exact) mass is 349 g/mol. The minimum atomic E-state index is -0.739. The smallest absolute Gasteiger partial charge is 0.160 e. The largest absolute Gasteiger partial charge is 0.493 e. The van der Waals surface area contributed by atoms with E-state index in [1.807, 2.05) is 25.1 Å². The van der Waals surface area contributed by atoms with Gasteiger partial charge in [-0.1, -0.05) is 36.7 Å². The molecule has 2 aromatic rings. The standard InChI is InChI=1S/C19H24ClNO3/c1-12(10-13-4-9-16(23-2)17(11-13)24-3)18(21)19(22)14-5-7-15(20)8-6-14/h4-9,11-12,18-19,22H,10,21H2,1-3H3. The zero-order valence-electron chi connectivity index (χ0n) is 14.2. The van der Waals surface area contributed by atoms with E-state index >= 15 is 0 Å². The average molecular weight is 350 g/mol. The number of benzene rings is 2. The molecular formula is C19H24ClNO3. The molecule has 3 N–H and O–H groups in total. The molecule has 0 bridgehead atoms. The van der Waals surface area contributed by atoms with Crippen molar-refractivity contribution in [1.29, 1.82) is 0 Å². The number of aliphatic hydroxyl groups excluding tert-OH is 1. The number of rotatable bonds is 7. The van der Waals surface area contributed by atoms with Gasteiger partial charge in [-0.2, -0.15) is 0 Å². The Hall–Kier alpha value is -1.75. The molecule has 5 heteroatoms. The summed E-state index contributed by atoms with van der Waals surface area (Å²) < 4.78 is 10.6. The summed E-state index contributed by atoms with van der Waals surface area (Å²) in [5.41, 5.74) is 8.12. The number of hydrogen-bond donors (Lipinski definition) is 2. The van der Waals surface area contributed by atoms with Crippen molar-refractivity contribution in [2.45, 2.75) is 25.5 Å². The Kier molecular flexibility index (Phi) is 6.49. The van der Waals surface area contributed by atoms with E-state index in [1.165, 1.54) is 0 Å². The molecule has 3 unspecified atom stereocenters. The van der Waals surface area contributed by atoms with Crippen LogP contribution in [0.4, 0.5) is 0 Å². The second-order valence-electron chi connectivity index (χ2n) is 5.94. The summed E-state index contributed by atoms with van der Waals surface area (Å²) in [6.07, 6.45) is -0.0102. The fourth-order valence-corrected chi connectivity index (χ4v) is 2.83. The molecule has 4 nitrogen and oxygen atoms in total. The van der Waals surface area contributed by atoms with Gasteiger partial charge in [0.1, 0.15) is 0 Å². The minimum absolute atomic E-state index is 0.0776. The lowest BCUT2D eigenvalue weighted by atomic mass is 9.88. The highest BCUT2D eigenvalue weighted by Crippen LogP contribution is 2.30. The van der Waals surface area contributed by atoms with Crippen molar-refractivity contribution in [3.05, 3.63) is 58.6 Å². The van der Waals surface area contributed by atoms with Crippen LogP contribution in [0, 0.1) is 5.92 Å². The molecule has 0 saturated carbocycles. The fraction of sp³-hybridized carbons (Fsp3) is 0.368. The van der Waals surface area contributed by atoms with Gasteiger partial charge in [-0.3, -0.25) is 0 Å². The van der Waals surface area contributed by atoms with Crippen LogP contribution in [0.1, 0.15) is 24.2 Å². The number of aliphatic hydroxyl groups is 1. The topological polar surface area (TPSA) is 64.7 Å². The molecular weight excluding hydrogens is 326 g/mol. The zero-order chi connectivity index (χ0) is 17.7. The van der Waals surface area contributed by atoms with Crippen LogP contribution >= 0.6 is 11.6 Å². The van der Waals surface area contributed by atoms with Crippen LogP contribution in [-0.4, -0.2) is 25.4 Å². The molecule has 0 aliphatic rings. The first-order chi connectivity index (χ1) is 11.5. The summed E-state index contributed by atoms with van der Waals surface area (Å²) in [5, 5.41) is 11.1. The third-order valence-electron chi connectivity index (χ3n) is 4.24. The summed E-state index contributed by atoms with van der Waals surface area (Å²) in [7, 11) is 3.22. The highest BCUT2D eigenvalue weighted by molar-refractivity contribution is 6.30. The summed E-state index contributed by atoms with van der Waals surface area (Å²) >= 11 is 5.88. The quantitative estimate of drug-likeness (QED) is 0.801. The Morgan fingerprint density at radius 1 is 1.04 bits per heavy atom. The van der Waals surface area contributed by atoms with E-state index in [2.05, 4.69) is 0 Å². The predicted octanol–water partition coefficient (Wildman–Crippen LogP) is 3.60. The predicted molar refractivity (Wildman–Crippen MR) is 96.8 cm³/mol. The summed E-state index contributed by atoms with van der Waals surface area (Å²) in [4.78, 5) is 0. The van der Waals surface area contributed by atoms with Crippen LogP contribution < -0.4 is 15.2 Å². The molecule has 3 atom stereocenters. The van der Waals surface area contributed by atoms with Gasteiger partial charge < -0.3 is 20.3 Å². The number of nitrogens with two attached hydrogens (primary N) is 1. The summed E-state index contributed by atoms with van der Waals surface area (Å²) in [6.45, 7) is 2.03. The maximum atomic E-state index is 10.5. The average Bonchev–Trinajstić information content (AvgIpc) is 2.60. The lowest BCUT2D eigenvalue weighted by Crippen LogP contribution is -2.36. The molecule has 0 aromatic heterocycles. The molecule has 24 heavy (non-hydrogen) atoms. The van der Waals surface area contributed by atoms with Gasteiger partial charge in [0.2, 0.25) is 0 Å². The van der Waals surface area contributed by atoms with E-state index in [0.717, 1.165) is 17.5 Å². The van der Waals surface area contributed by atoms with E-state index in [1.54, 1.807) is 38.5 Å². The van der Waals surface area contributed by atoms with E-state index in [-0.39, 0.29) is 12.0 Å². The third-order valence-corrected chi connectivity index (χ3v) is 4.49. The highest BCUT2D eigenvalue weighted by Gasteiger charge is 2.23. The molecule has 0 saturated heterocycles. The first kappa shape index (κ1) is 18.6. The van der Waals surface area contributed by atoms with Crippen LogP contribution in [0.15, 0.2) is 42.5 Å². The molecule has 130 valence electrons. The first-order valence-electron chi connectivity index (χ1n) is 7.86. The molecule has 0 fully saturated rings. The lowest BCUT2D eigenvalue weighted by Gasteiger charge is -2.25. The van der Waals surface area contributed by atoms with E-state index in [9.17, 15) is 5.11 Å². The number of methoxy groups -OCH3 is 2.